The standard InChI is InChI=1S/C35H34IN3O4/c1-21(2)27-18-28(23(4)15-31(27)41-5)34-38-30-10-8-7-9-26(30)35(40)39(34)37-19-25-16-29(36)33(32(17-25)42-6)43-20-24-13-11-22(3)12-14-24/h7-19,21H,20H2,1-6H3. The highest BCUT2D eigenvalue weighted by Crippen LogP contribution is 2.35. The molecule has 0 saturated carbocycles. The molecule has 1 aromatic heterocycles. The van der Waals surface area contributed by atoms with Gasteiger partial charge in [0.15, 0.2) is 17.3 Å². The van der Waals surface area contributed by atoms with Crippen LogP contribution in [0.1, 0.15) is 47.6 Å². The summed E-state index contributed by atoms with van der Waals surface area (Å²) < 4.78 is 19.7. The Hall–Kier alpha value is -4.18. The van der Waals surface area contributed by atoms with E-state index >= 15 is 0 Å². The fourth-order valence-corrected chi connectivity index (χ4v) is 5.67. The summed E-state index contributed by atoms with van der Waals surface area (Å²) in [5.74, 6) is 2.71. The molecule has 0 aliphatic heterocycles. The van der Waals surface area contributed by atoms with Crippen LogP contribution in [0.2, 0.25) is 0 Å². The minimum Gasteiger partial charge on any atom is -0.496 e. The van der Waals surface area contributed by atoms with Crippen LogP contribution in [0.4, 0.5) is 0 Å². The molecule has 5 aromatic rings. The quantitative estimate of drug-likeness (QED) is 0.116. The Kier molecular flexibility index (Phi) is 9.15. The minimum absolute atomic E-state index is 0.208. The first kappa shape index (κ1) is 30.3. The summed E-state index contributed by atoms with van der Waals surface area (Å²) in [7, 11) is 3.28. The summed E-state index contributed by atoms with van der Waals surface area (Å²) in [5.41, 5.74) is 6.16. The number of nitrogens with zero attached hydrogens (tertiary/aromatic N) is 3. The summed E-state index contributed by atoms with van der Waals surface area (Å²) >= 11 is 2.23. The SMILES string of the molecule is COc1cc(C)c(-c2nc3ccccc3c(=O)n2N=Cc2cc(I)c(OCc3ccc(C)cc3)c(OC)c2)cc1C(C)C. The van der Waals surface area contributed by atoms with Gasteiger partial charge in [-0.25, -0.2) is 4.98 Å². The normalized spacial score (nSPS) is 11.4. The number of methoxy groups -OCH3 is 2. The van der Waals surface area contributed by atoms with Crippen LogP contribution < -0.4 is 19.8 Å². The molecule has 0 aliphatic carbocycles. The Labute approximate surface area is 265 Å². The lowest BCUT2D eigenvalue weighted by atomic mass is 9.96. The molecule has 0 atom stereocenters. The third kappa shape index (κ3) is 6.44. The Bertz CT molecular complexity index is 1880. The lowest BCUT2D eigenvalue weighted by Gasteiger charge is -2.17. The monoisotopic (exact) mass is 687 g/mol. The van der Waals surface area contributed by atoms with E-state index in [1.807, 2.05) is 49.4 Å². The van der Waals surface area contributed by atoms with E-state index in [-0.39, 0.29) is 11.5 Å². The fourth-order valence-electron chi connectivity index (χ4n) is 4.89. The molecule has 0 saturated heterocycles. The molecule has 43 heavy (non-hydrogen) atoms. The molecule has 0 aliphatic rings. The zero-order valence-electron chi connectivity index (χ0n) is 25.1. The first-order chi connectivity index (χ1) is 20.7. The summed E-state index contributed by atoms with van der Waals surface area (Å²) in [6.07, 6.45) is 1.65. The summed E-state index contributed by atoms with van der Waals surface area (Å²) in [5, 5.41) is 5.19. The minimum atomic E-state index is -0.252. The van der Waals surface area contributed by atoms with E-state index < -0.39 is 0 Å². The van der Waals surface area contributed by atoms with Crippen molar-refractivity contribution >= 4 is 39.7 Å². The van der Waals surface area contributed by atoms with Crippen molar-refractivity contribution in [1.29, 1.82) is 0 Å². The van der Waals surface area contributed by atoms with Gasteiger partial charge in [0.2, 0.25) is 0 Å². The molecule has 0 unspecified atom stereocenters. The van der Waals surface area contributed by atoms with Gasteiger partial charge in [0.05, 0.1) is 34.9 Å². The zero-order chi connectivity index (χ0) is 30.7. The number of hydrogen-bond acceptors (Lipinski definition) is 6. The number of aromatic nitrogens is 2. The Balaban J connectivity index is 1.58. The maximum Gasteiger partial charge on any atom is 0.282 e. The van der Waals surface area contributed by atoms with Gasteiger partial charge in [0.1, 0.15) is 12.4 Å². The molecule has 220 valence electrons. The highest BCUT2D eigenvalue weighted by Gasteiger charge is 2.19. The number of para-hydroxylation sites is 1. The zero-order valence-corrected chi connectivity index (χ0v) is 27.3. The van der Waals surface area contributed by atoms with Crippen molar-refractivity contribution in [3.05, 3.63) is 115 Å². The molecule has 5 rings (SSSR count). The number of rotatable bonds is 9. The smallest absolute Gasteiger partial charge is 0.282 e. The van der Waals surface area contributed by atoms with Crippen LogP contribution >= 0.6 is 22.6 Å². The van der Waals surface area contributed by atoms with Crippen molar-refractivity contribution in [3.63, 3.8) is 0 Å². The van der Waals surface area contributed by atoms with Crippen molar-refractivity contribution in [3.8, 4) is 28.6 Å². The van der Waals surface area contributed by atoms with Gasteiger partial charge < -0.3 is 14.2 Å². The Morgan fingerprint density at radius 1 is 0.953 bits per heavy atom. The van der Waals surface area contributed by atoms with E-state index in [0.29, 0.717) is 34.8 Å². The highest BCUT2D eigenvalue weighted by atomic mass is 127. The fraction of sp³-hybridized carbons (Fsp3) is 0.229. The van der Waals surface area contributed by atoms with E-state index in [2.05, 4.69) is 67.6 Å². The first-order valence-electron chi connectivity index (χ1n) is 14.0. The average Bonchev–Trinajstić information content (AvgIpc) is 3.00. The molecule has 7 nitrogen and oxygen atoms in total. The summed E-state index contributed by atoms with van der Waals surface area (Å²) in [6, 6.07) is 23.4. The number of benzene rings is 4. The molecule has 0 bridgehead atoms. The first-order valence-corrected chi connectivity index (χ1v) is 15.1. The van der Waals surface area contributed by atoms with Crippen LogP contribution in [0.3, 0.4) is 0 Å². The number of halogens is 1. The molecule has 4 aromatic carbocycles. The molecule has 1 heterocycles. The largest absolute Gasteiger partial charge is 0.496 e. The van der Waals surface area contributed by atoms with Crippen LogP contribution in [0.15, 0.2) is 82.7 Å². The maximum absolute atomic E-state index is 13.8. The van der Waals surface area contributed by atoms with Crippen molar-refractivity contribution in [2.45, 2.75) is 40.2 Å². The van der Waals surface area contributed by atoms with Gasteiger partial charge in [0.25, 0.3) is 5.56 Å². The molecule has 8 heteroatoms. The van der Waals surface area contributed by atoms with Gasteiger partial charge in [-0.15, -0.1) is 0 Å². The van der Waals surface area contributed by atoms with Crippen LogP contribution in [-0.2, 0) is 6.61 Å². The van der Waals surface area contributed by atoms with Crippen LogP contribution in [0.5, 0.6) is 17.2 Å². The summed E-state index contributed by atoms with van der Waals surface area (Å²) in [4.78, 5) is 18.7. The molecule has 0 spiro atoms. The number of hydrogen-bond donors (Lipinski definition) is 0. The summed E-state index contributed by atoms with van der Waals surface area (Å²) in [6.45, 7) is 8.68. The van der Waals surface area contributed by atoms with E-state index in [1.165, 1.54) is 10.2 Å². The van der Waals surface area contributed by atoms with Gasteiger partial charge in [-0.1, -0.05) is 55.8 Å². The Morgan fingerprint density at radius 3 is 2.37 bits per heavy atom. The second kappa shape index (κ2) is 13.0. The van der Waals surface area contributed by atoms with Crippen molar-refractivity contribution in [2.75, 3.05) is 14.2 Å². The van der Waals surface area contributed by atoms with Crippen LogP contribution in [-0.4, -0.2) is 30.1 Å². The number of fused-ring (bicyclic) bond motifs is 1. The molecule has 0 N–H and O–H groups in total. The molecule has 0 radical (unpaired) electrons. The van der Waals surface area contributed by atoms with Gasteiger partial charge in [0, 0.05) is 5.56 Å². The van der Waals surface area contributed by atoms with Crippen LogP contribution in [0, 0.1) is 17.4 Å². The molecular formula is C35H34IN3O4. The number of ether oxygens (including phenoxy) is 3. The lowest BCUT2D eigenvalue weighted by Crippen LogP contribution is -2.21. The van der Waals surface area contributed by atoms with Crippen molar-refractivity contribution in [2.24, 2.45) is 5.10 Å². The van der Waals surface area contributed by atoms with Crippen LogP contribution in [0.25, 0.3) is 22.3 Å². The molecule has 0 amide bonds. The van der Waals surface area contributed by atoms with E-state index in [0.717, 1.165) is 37.1 Å². The predicted octanol–water partition coefficient (Wildman–Crippen LogP) is 7.89. The van der Waals surface area contributed by atoms with Gasteiger partial charge in [-0.2, -0.15) is 9.78 Å². The van der Waals surface area contributed by atoms with E-state index in [1.54, 1.807) is 26.5 Å². The second-order valence-electron chi connectivity index (χ2n) is 10.7. The van der Waals surface area contributed by atoms with E-state index in [4.69, 9.17) is 24.3 Å². The van der Waals surface area contributed by atoms with Gasteiger partial charge in [-0.05, 0) is 101 Å². The van der Waals surface area contributed by atoms with Crippen molar-refractivity contribution < 1.29 is 14.2 Å². The predicted molar refractivity (Wildman–Crippen MR) is 181 cm³/mol. The van der Waals surface area contributed by atoms with Gasteiger partial charge >= 0.3 is 0 Å². The second-order valence-corrected chi connectivity index (χ2v) is 11.8. The van der Waals surface area contributed by atoms with Crippen molar-refractivity contribution in [1.82, 2.24) is 9.66 Å². The third-order valence-electron chi connectivity index (χ3n) is 7.27. The number of aryl methyl sites for hydroxylation is 2. The lowest BCUT2D eigenvalue weighted by molar-refractivity contribution is 0.282. The maximum atomic E-state index is 13.8. The Morgan fingerprint density at radius 2 is 1.67 bits per heavy atom. The van der Waals surface area contributed by atoms with E-state index in [9.17, 15) is 4.79 Å². The highest BCUT2D eigenvalue weighted by molar-refractivity contribution is 14.1. The third-order valence-corrected chi connectivity index (χ3v) is 8.07. The molecular weight excluding hydrogens is 653 g/mol. The topological polar surface area (TPSA) is 74.9 Å². The average molecular weight is 688 g/mol. The van der Waals surface area contributed by atoms with Gasteiger partial charge in [-0.3, -0.25) is 4.79 Å². The molecule has 0 fully saturated rings.